The van der Waals surface area contributed by atoms with E-state index in [1.165, 1.54) is 42.5 Å². The summed E-state index contributed by atoms with van der Waals surface area (Å²) in [5.41, 5.74) is 0.835. The van der Waals surface area contributed by atoms with E-state index in [0.29, 0.717) is 26.3 Å². The van der Waals surface area contributed by atoms with Crippen molar-refractivity contribution in [2.75, 3.05) is 0 Å². The molecule has 0 aromatic heterocycles. The molecule has 1 aliphatic rings. The number of hydrogen-bond acceptors (Lipinski definition) is 4. The van der Waals surface area contributed by atoms with Crippen molar-refractivity contribution in [3.63, 3.8) is 0 Å². The largest absolute Gasteiger partial charge is 0.506 e. The normalized spacial score (nSPS) is 17.5. The smallest absolute Gasteiger partial charge is 0.264 e. The lowest BCUT2D eigenvalue weighted by Gasteiger charge is -2.03. The maximum Gasteiger partial charge on any atom is 0.264 e. The van der Waals surface area contributed by atoms with E-state index in [2.05, 4.69) is 10.3 Å². The Morgan fingerprint density at radius 3 is 2.62 bits per heavy atom. The molecule has 2 N–H and O–H groups in total. The summed E-state index contributed by atoms with van der Waals surface area (Å²) in [6.45, 7) is 0. The molecule has 0 radical (unpaired) electrons. The average molecular weight is 383 g/mol. The highest BCUT2D eigenvalue weighted by atomic mass is 35.5. The van der Waals surface area contributed by atoms with Gasteiger partial charge in [0.05, 0.1) is 15.6 Å². The Bertz CT molecular complexity index is 882. The van der Waals surface area contributed by atoms with Crippen molar-refractivity contribution < 1.29 is 14.3 Å². The molecule has 1 saturated heterocycles. The van der Waals surface area contributed by atoms with Crippen LogP contribution in [0.5, 0.6) is 5.75 Å². The first-order chi connectivity index (χ1) is 11.4. The zero-order valence-electron chi connectivity index (χ0n) is 11.9. The Morgan fingerprint density at radius 1 is 1.21 bits per heavy atom. The van der Waals surface area contributed by atoms with Crippen molar-refractivity contribution in [2.24, 2.45) is 4.99 Å². The molecular formula is C16H9Cl2FN2O2S. The molecule has 0 spiro atoms. The third-order valence-electron chi connectivity index (χ3n) is 3.05. The van der Waals surface area contributed by atoms with Crippen LogP contribution in [0.1, 0.15) is 5.56 Å². The first-order valence-electron chi connectivity index (χ1n) is 6.65. The van der Waals surface area contributed by atoms with Crippen LogP contribution in [0, 0.1) is 5.82 Å². The molecule has 0 bridgehead atoms. The van der Waals surface area contributed by atoms with Gasteiger partial charge in [-0.25, -0.2) is 9.38 Å². The molecule has 2 aromatic rings. The molecule has 4 nitrogen and oxygen atoms in total. The van der Waals surface area contributed by atoms with E-state index in [-0.39, 0.29) is 22.5 Å². The number of amides is 1. The number of amidine groups is 1. The van der Waals surface area contributed by atoms with Gasteiger partial charge in [-0.2, -0.15) is 0 Å². The first kappa shape index (κ1) is 16.8. The lowest BCUT2D eigenvalue weighted by molar-refractivity contribution is -0.115. The van der Waals surface area contributed by atoms with Crippen LogP contribution >= 0.6 is 35.0 Å². The number of phenolic OH excluding ortho intramolecular Hbond substituents is 1. The van der Waals surface area contributed by atoms with Crippen LogP contribution in [-0.4, -0.2) is 16.2 Å². The van der Waals surface area contributed by atoms with Gasteiger partial charge < -0.3 is 10.4 Å². The molecule has 0 saturated carbocycles. The second-order valence-electron chi connectivity index (χ2n) is 4.78. The SMILES string of the molecule is O=C1NC(=Nc2ccc(F)cc2)S/C1=C/c1cc(Cl)cc(Cl)c1O. The third kappa shape index (κ3) is 3.72. The van der Waals surface area contributed by atoms with Crippen molar-refractivity contribution in [1.29, 1.82) is 0 Å². The van der Waals surface area contributed by atoms with Crippen LogP contribution in [0.3, 0.4) is 0 Å². The fourth-order valence-electron chi connectivity index (χ4n) is 1.95. The number of carbonyl (C=O) groups excluding carboxylic acids is 1. The highest BCUT2D eigenvalue weighted by molar-refractivity contribution is 8.18. The number of nitrogens with zero attached hydrogens (tertiary/aromatic N) is 1. The van der Waals surface area contributed by atoms with Crippen molar-refractivity contribution in [3.05, 3.63) is 62.7 Å². The highest BCUT2D eigenvalue weighted by Crippen LogP contribution is 2.35. The molecule has 8 heteroatoms. The number of halogens is 3. The minimum absolute atomic E-state index is 0.0953. The molecule has 0 unspecified atom stereocenters. The molecule has 2 aromatic carbocycles. The van der Waals surface area contributed by atoms with Crippen molar-refractivity contribution >= 4 is 57.8 Å². The zero-order chi connectivity index (χ0) is 17.3. The summed E-state index contributed by atoms with van der Waals surface area (Å²) >= 11 is 12.9. The Hall–Kier alpha value is -2.02. The van der Waals surface area contributed by atoms with Crippen LogP contribution in [0.2, 0.25) is 10.0 Å². The van der Waals surface area contributed by atoms with Gasteiger partial charge in [0, 0.05) is 10.6 Å². The van der Waals surface area contributed by atoms with Gasteiger partial charge in [-0.3, -0.25) is 4.79 Å². The van der Waals surface area contributed by atoms with Crippen molar-refractivity contribution in [3.8, 4) is 5.75 Å². The number of rotatable bonds is 2. The summed E-state index contributed by atoms with van der Waals surface area (Å²) in [5.74, 6) is -0.891. The van der Waals surface area contributed by atoms with Gasteiger partial charge in [0.25, 0.3) is 5.91 Å². The maximum atomic E-state index is 12.9. The standard InChI is InChI=1S/C16H9Cl2FN2O2S/c17-9-5-8(14(22)12(18)7-9)6-13-15(23)21-16(24-13)20-11-3-1-10(19)2-4-11/h1-7,22H,(H,20,21,23)/b13-6+. The molecule has 1 amide bonds. The van der Waals surface area contributed by atoms with Gasteiger partial charge in [-0.15, -0.1) is 0 Å². The number of nitrogens with one attached hydrogen (secondary N) is 1. The van der Waals surface area contributed by atoms with E-state index in [1.54, 1.807) is 0 Å². The molecule has 1 heterocycles. The number of thioether (sulfide) groups is 1. The first-order valence-corrected chi connectivity index (χ1v) is 8.23. The summed E-state index contributed by atoms with van der Waals surface area (Å²) in [6, 6.07) is 8.47. The molecule has 1 aliphatic heterocycles. The summed E-state index contributed by atoms with van der Waals surface area (Å²) in [6.07, 6.45) is 1.47. The number of aliphatic imine (C=N–C) groups is 1. The van der Waals surface area contributed by atoms with Crippen LogP contribution in [0.4, 0.5) is 10.1 Å². The number of benzene rings is 2. The van der Waals surface area contributed by atoms with E-state index in [4.69, 9.17) is 23.2 Å². The van der Waals surface area contributed by atoms with Gasteiger partial charge in [0.2, 0.25) is 0 Å². The quantitative estimate of drug-likeness (QED) is 0.737. The zero-order valence-corrected chi connectivity index (χ0v) is 14.2. The topological polar surface area (TPSA) is 61.7 Å². The Kier molecular flexibility index (Phi) is 4.80. The summed E-state index contributed by atoms with van der Waals surface area (Å²) in [4.78, 5) is 16.6. The van der Waals surface area contributed by atoms with Crippen LogP contribution in [-0.2, 0) is 4.79 Å². The fourth-order valence-corrected chi connectivity index (χ4v) is 3.29. The minimum Gasteiger partial charge on any atom is -0.506 e. The van der Waals surface area contributed by atoms with Crippen LogP contribution in [0.25, 0.3) is 6.08 Å². The Balaban J connectivity index is 1.89. The third-order valence-corrected chi connectivity index (χ3v) is 4.47. The van der Waals surface area contributed by atoms with Gasteiger partial charge in [-0.05, 0) is 54.2 Å². The van der Waals surface area contributed by atoms with E-state index >= 15 is 0 Å². The van der Waals surface area contributed by atoms with E-state index < -0.39 is 0 Å². The minimum atomic E-state index is -0.365. The van der Waals surface area contributed by atoms with Crippen molar-refractivity contribution in [1.82, 2.24) is 5.32 Å². The average Bonchev–Trinajstić information content (AvgIpc) is 2.86. The van der Waals surface area contributed by atoms with Gasteiger partial charge in [-0.1, -0.05) is 23.2 Å². The molecule has 0 aliphatic carbocycles. The molecule has 1 fully saturated rings. The van der Waals surface area contributed by atoms with Crippen molar-refractivity contribution in [2.45, 2.75) is 0 Å². The molecular weight excluding hydrogens is 374 g/mol. The van der Waals surface area contributed by atoms with Gasteiger partial charge in [0.15, 0.2) is 5.17 Å². The van der Waals surface area contributed by atoms with Crippen LogP contribution < -0.4 is 5.32 Å². The predicted octanol–water partition coefficient (Wildman–Crippen LogP) is 4.73. The number of carbonyl (C=O) groups is 1. The maximum absolute atomic E-state index is 12.9. The molecule has 24 heavy (non-hydrogen) atoms. The Morgan fingerprint density at radius 2 is 1.92 bits per heavy atom. The molecule has 0 atom stereocenters. The van der Waals surface area contributed by atoms with Crippen LogP contribution in [0.15, 0.2) is 46.3 Å². The lowest BCUT2D eigenvalue weighted by atomic mass is 10.2. The van der Waals surface area contributed by atoms with E-state index in [9.17, 15) is 14.3 Å². The molecule has 3 rings (SSSR count). The van der Waals surface area contributed by atoms with Gasteiger partial charge >= 0.3 is 0 Å². The predicted molar refractivity (Wildman–Crippen MR) is 95.3 cm³/mol. The highest BCUT2D eigenvalue weighted by Gasteiger charge is 2.24. The second-order valence-corrected chi connectivity index (χ2v) is 6.66. The second kappa shape index (κ2) is 6.84. The summed E-state index contributed by atoms with van der Waals surface area (Å²) in [5, 5.41) is 13.3. The summed E-state index contributed by atoms with van der Waals surface area (Å²) in [7, 11) is 0. The monoisotopic (exact) mass is 382 g/mol. The fraction of sp³-hybridized carbons (Fsp3) is 0. The van der Waals surface area contributed by atoms with E-state index in [0.717, 1.165) is 11.8 Å². The molecule has 122 valence electrons. The Labute approximate surface area is 151 Å². The van der Waals surface area contributed by atoms with E-state index in [1.807, 2.05) is 0 Å². The lowest BCUT2D eigenvalue weighted by Crippen LogP contribution is -2.19. The van der Waals surface area contributed by atoms with Gasteiger partial charge in [0.1, 0.15) is 11.6 Å². The summed E-state index contributed by atoms with van der Waals surface area (Å²) < 4.78 is 12.9. The number of aromatic hydroxyl groups is 1. The number of hydrogen-bond donors (Lipinski definition) is 2. The number of phenols is 1.